The Morgan fingerprint density at radius 3 is 1.97 bits per heavy atom. The molecule has 3 aromatic rings. The zero-order valence-corrected chi connectivity index (χ0v) is 17.6. The molecular formula is C24H23ClN2O3. The number of carbonyl (C=O) groups is 2. The summed E-state index contributed by atoms with van der Waals surface area (Å²) < 4.78 is 5.73. The van der Waals surface area contributed by atoms with Crippen LogP contribution >= 0.6 is 11.6 Å². The van der Waals surface area contributed by atoms with Gasteiger partial charge in [0.2, 0.25) is 0 Å². The third-order valence-corrected chi connectivity index (χ3v) is 4.75. The molecule has 0 aliphatic heterocycles. The second kappa shape index (κ2) is 9.94. The van der Waals surface area contributed by atoms with Crippen molar-refractivity contribution in [2.24, 2.45) is 0 Å². The topological polar surface area (TPSA) is 67.4 Å². The highest BCUT2D eigenvalue weighted by Gasteiger charge is 2.09. The van der Waals surface area contributed by atoms with Crippen LogP contribution in [0, 0.1) is 0 Å². The van der Waals surface area contributed by atoms with Crippen LogP contribution in [0.1, 0.15) is 41.0 Å². The number of anilines is 2. The standard InChI is InChI=1S/C24H23ClN2O3/c1-3-16(2)30-22-13-7-17(8-14-22)23(28)26-20-9-11-21(12-10-20)27-24(29)18-5-4-6-19(25)15-18/h4-16H,3H2,1-2H3,(H,26,28)(H,27,29)/t16-/m0/s1. The van der Waals surface area contributed by atoms with Gasteiger partial charge in [-0.25, -0.2) is 0 Å². The second-order valence-corrected chi connectivity index (χ2v) is 7.29. The summed E-state index contributed by atoms with van der Waals surface area (Å²) in [5.41, 5.74) is 2.25. The molecule has 0 saturated carbocycles. The predicted molar refractivity (Wildman–Crippen MR) is 121 cm³/mol. The molecule has 0 spiro atoms. The first kappa shape index (κ1) is 21.4. The van der Waals surface area contributed by atoms with Gasteiger partial charge in [0.1, 0.15) is 5.75 Å². The lowest BCUT2D eigenvalue weighted by molar-refractivity contribution is 0.101. The fourth-order valence-corrected chi connectivity index (χ4v) is 2.86. The van der Waals surface area contributed by atoms with Crippen molar-refractivity contribution >= 4 is 34.8 Å². The van der Waals surface area contributed by atoms with Gasteiger partial charge in [-0.3, -0.25) is 9.59 Å². The molecule has 5 nitrogen and oxygen atoms in total. The van der Waals surface area contributed by atoms with Gasteiger partial charge >= 0.3 is 0 Å². The van der Waals surface area contributed by atoms with E-state index in [1.807, 2.05) is 6.92 Å². The number of hydrogen-bond donors (Lipinski definition) is 2. The lowest BCUT2D eigenvalue weighted by Gasteiger charge is -2.13. The van der Waals surface area contributed by atoms with Gasteiger partial charge in [-0.1, -0.05) is 24.6 Å². The number of hydrogen-bond acceptors (Lipinski definition) is 3. The number of benzene rings is 3. The van der Waals surface area contributed by atoms with Gasteiger partial charge in [-0.15, -0.1) is 0 Å². The maximum Gasteiger partial charge on any atom is 0.255 e. The molecular weight excluding hydrogens is 400 g/mol. The second-order valence-electron chi connectivity index (χ2n) is 6.86. The fourth-order valence-electron chi connectivity index (χ4n) is 2.67. The van der Waals surface area contributed by atoms with E-state index in [1.54, 1.807) is 72.8 Å². The Balaban J connectivity index is 1.58. The zero-order valence-electron chi connectivity index (χ0n) is 16.8. The van der Waals surface area contributed by atoms with E-state index in [0.29, 0.717) is 27.5 Å². The molecule has 2 amide bonds. The third-order valence-electron chi connectivity index (χ3n) is 4.52. The summed E-state index contributed by atoms with van der Waals surface area (Å²) >= 11 is 5.92. The van der Waals surface area contributed by atoms with Crippen molar-refractivity contribution in [3.8, 4) is 5.75 Å². The summed E-state index contributed by atoms with van der Waals surface area (Å²) in [6.45, 7) is 4.06. The summed E-state index contributed by atoms with van der Waals surface area (Å²) in [7, 11) is 0. The van der Waals surface area contributed by atoms with E-state index < -0.39 is 0 Å². The first-order valence-corrected chi connectivity index (χ1v) is 10.1. The van der Waals surface area contributed by atoms with Crippen LogP contribution in [-0.4, -0.2) is 17.9 Å². The molecule has 30 heavy (non-hydrogen) atoms. The van der Waals surface area contributed by atoms with Crippen molar-refractivity contribution in [2.45, 2.75) is 26.4 Å². The van der Waals surface area contributed by atoms with Gasteiger partial charge in [0.15, 0.2) is 0 Å². The van der Waals surface area contributed by atoms with Crippen LogP contribution in [0.4, 0.5) is 11.4 Å². The van der Waals surface area contributed by atoms with Crippen molar-refractivity contribution < 1.29 is 14.3 Å². The van der Waals surface area contributed by atoms with E-state index in [4.69, 9.17) is 16.3 Å². The van der Waals surface area contributed by atoms with Crippen molar-refractivity contribution in [3.63, 3.8) is 0 Å². The number of amides is 2. The molecule has 0 aliphatic carbocycles. The summed E-state index contributed by atoms with van der Waals surface area (Å²) in [5.74, 6) is 0.260. The van der Waals surface area contributed by atoms with Crippen LogP contribution in [-0.2, 0) is 0 Å². The molecule has 154 valence electrons. The largest absolute Gasteiger partial charge is 0.491 e. The molecule has 0 bridgehead atoms. The van der Waals surface area contributed by atoms with Crippen LogP contribution in [0.5, 0.6) is 5.75 Å². The lowest BCUT2D eigenvalue weighted by atomic mass is 10.2. The molecule has 0 radical (unpaired) electrons. The van der Waals surface area contributed by atoms with Crippen LogP contribution in [0.3, 0.4) is 0 Å². The third kappa shape index (κ3) is 5.84. The molecule has 3 rings (SSSR count). The van der Waals surface area contributed by atoms with Crippen LogP contribution in [0.25, 0.3) is 0 Å². The van der Waals surface area contributed by atoms with Crippen molar-refractivity contribution in [1.82, 2.24) is 0 Å². The highest BCUT2D eigenvalue weighted by atomic mass is 35.5. The molecule has 0 aliphatic rings. The number of halogens is 1. The van der Waals surface area contributed by atoms with Crippen molar-refractivity contribution in [3.05, 3.63) is 88.9 Å². The van der Waals surface area contributed by atoms with Gasteiger partial charge in [0, 0.05) is 27.5 Å². The lowest BCUT2D eigenvalue weighted by Crippen LogP contribution is -2.13. The molecule has 2 N–H and O–H groups in total. The Labute approximate surface area is 181 Å². The van der Waals surface area contributed by atoms with E-state index >= 15 is 0 Å². The van der Waals surface area contributed by atoms with Gasteiger partial charge in [-0.05, 0) is 80.1 Å². The van der Waals surface area contributed by atoms with Gasteiger partial charge < -0.3 is 15.4 Å². The van der Waals surface area contributed by atoms with E-state index in [-0.39, 0.29) is 17.9 Å². The van der Waals surface area contributed by atoms with Crippen molar-refractivity contribution in [2.75, 3.05) is 10.6 Å². The van der Waals surface area contributed by atoms with E-state index in [2.05, 4.69) is 17.6 Å². The van der Waals surface area contributed by atoms with Gasteiger partial charge in [0.25, 0.3) is 11.8 Å². The maximum atomic E-state index is 12.4. The highest BCUT2D eigenvalue weighted by molar-refractivity contribution is 6.31. The van der Waals surface area contributed by atoms with Crippen molar-refractivity contribution in [1.29, 1.82) is 0 Å². The molecule has 0 aromatic heterocycles. The Morgan fingerprint density at radius 1 is 0.867 bits per heavy atom. The molecule has 3 aromatic carbocycles. The SMILES string of the molecule is CC[C@H](C)Oc1ccc(C(=O)Nc2ccc(NC(=O)c3cccc(Cl)c3)cc2)cc1. The quantitative estimate of drug-likeness (QED) is 0.489. The van der Waals surface area contributed by atoms with Gasteiger partial charge in [-0.2, -0.15) is 0 Å². The average Bonchev–Trinajstić information content (AvgIpc) is 2.75. The zero-order chi connectivity index (χ0) is 21.5. The molecule has 0 saturated heterocycles. The van der Waals surface area contributed by atoms with Gasteiger partial charge in [0.05, 0.1) is 6.10 Å². The summed E-state index contributed by atoms with van der Waals surface area (Å²) in [4.78, 5) is 24.7. The molecule has 6 heteroatoms. The maximum absolute atomic E-state index is 12.4. The predicted octanol–water partition coefficient (Wildman–Crippen LogP) is 6.02. The Kier molecular flexibility index (Phi) is 7.09. The van der Waals surface area contributed by atoms with Crippen LogP contribution in [0.15, 0.2) is 72.8 Å². The minimum atomic E-state index is -0.256. The first-order chi connectivity index (χ1) is 14.4. The van der Waals surface area contributed by atoms with E-state index in [1.165, 1.54) is 0 Å². The minimum Gasteiger partial charge on any atom is -0.491 e. The number of ether oxygens (including phenoxy) is 1. The van der Waals surface area contributed by atoms with Crippen LogP contribution < -0.4 is 15.4 Å². The minimum absolute atomic E-state index is 0.127. The molecule has 0 unspecified atom stereocenters. The smallest absolute Gasteiger partial charge is 0.255 e. The molecule has 1 atom stereocenters. The number of carbonyl (C=O) groups excluding carboxylic acids is 2. The fraction of sp³-hybridized carbons (Fsp3) is 0.167. The number of rotatable bonds is 7. The summed E-state index contributed by atoms with van der Waals surface area (Å²) in [6, 6.07) is 20.7. The highest BCUT2D eigenvalue weighted by Crippen LogP contribution is 2.19. The first-order valence-electron chi connectivity index (χ1n) is 9.69. The summed E-state index contributed by atoms with van der Waals surface area (Å²) in [5, 5.41) is 6.14. The number of nitrogens with one attached hydrogen (secondary N) is 2. The Morgan fingerprint density at radius 2 is 1.43 bits per heavy atom. The monoisotopic (exact) mass is 422 g/mol. The molecule has 0 heterocycles. The average molecular weight is 423 g/mol. The Bertz CT molecular complexity index is 1020. The van der Waals surface area contributed by atoms with E-state index in [9.17, 15) is 9.59 Å². The van der Waals surface area contributed by atoms with E-state index in [0.717, 1.165) is 12.2 Å². The molecule has 0 fully saturated rings. The normalized spacial score (nSPS) is 11.4. The summed E-state index contributed by atoms with van der Waals surface area (Å²) in [6.07, 6.45) is 1.04. The Hall–Kier alpha value is -3.31. The van der Waals surface area contributed by atoms with Crippen LogP contribution in [0.2, 0.25) is 5.02 Å².